The lowest BCUT2D eigenvalue weighted by Crippen LogP contribution is -2.39. The Morgan fingerprint density at radius 2 is 1.85 bits per heavy atom. The van der Waals surface area contributed by atoms with Crippen molar-refractivity contribution in [1.82, 2.24) is 5.32 Å². The van der Waals surface area contributed by atoms with Gasteiger partial charge in [0.15, 0.2) is 0 Å². The van der Waals surface area contributed by atoms with Crippen molar-refractivity contribution in [3.8, 4) is 0 Å². The maximum Gasteiger partial charge on any atom is 0.310 e. The van der Waals surface area contributed by atoms with E-state index in [2.05, 4.69) is 5.32 Å². The van der Waals surface area contributed by atoms with Crippen LogP contribution in [0.5, 0.6) is 0 Å². The van der Waals surface area contributed by atoms with Crippen LogP contribution in [0.25, 0.3) is 0 Å². The molecule has 2 N–H and O–H groups in total. The van der Waals surface area contributed by atoms with Gasteiger partial charge < -0.3 is 15.2 Å². The van der Waals surface area contributed by atoms with Crippen molar-refractivity contribution < 1.29 is 19.4 Å². The number of aliphatic carboxylic acids is 1. The quantitative estimate of drug-likeness (QED) is 0.758. The molecule has 20 heavy (non-hydrogen) atoms. The van der Waals surface area contributed by atoms with E-state index in [4.69, 9.17) is 4.74 Å². The molecule has 1 saturated carbocycles. The first kappa shape index (κ1) is 15.3. The number of nitrogens with one attached hydrogen (secondary N) is 1. The number of carbonyl (C=O) groups excluding carboxylic acids is 1. The molecule has 1 atom stereocenters. The Morgan fingerprint density at radius 1 is 1.15 bits per heavy atom. The third-order valence-electron chi connectivity index (χ3n) is 4.56. The number of hydrogen-bond donors (Lipinski definition) is 2. The van der Waals surface area contributed by atoms with Gasteiger partial charge in [-0.25, -0.2) is 0 Å². The zero-order valence-corrected chi connectivity index (χ0v) is 12.0. The van der Waals surface area contributed by atoms with Gasteiger partial charge in [0, 0.05) is 19.6 Å². The molecule has 0 aromatic heterocycles. The van der Waals surface area contributed by atoms with E-state index in [9.17, 15) is 14.7 Å². The lowest BCUT2D eigenvalue weighted by atomic mass is 9.77. The van der Waals surface area contributed by atoms with Crippen molar-refractivity contribution in [2.24, 2.45) is 5.41 Å². The summed E-state index contributed by atoms with van der Waals surface area (Å²) in [5, 5.41) is 12.4. The van der Waals surface area contributed by atoms with Crippen molar-refractivity contribution in [2.45, 2.75) is 63.9 Å². The normalized spacial score (nSPS) is 25.9. The van der Waals surface area contributed by atoms with Crippen molar-refractivity contribution in [3.63, 3.8) is 0 Å². The van der Waals surface area contributed by atoms with Crippen molar-refractivity contribution in [1.29, 1.82) is 0 Å². The second-order valence-electron chi connectivity index (χ2n) is 6.12. The second kappa shape index (κ2) is 7.07. The van der Waals surface area contributed by atoms with Crippen LogP contribution in [0.1, 0.15) is 57.8 Å². The van der Waals surface area contributed by atoms with E-state index in [1.165, 1.54) is 0 Å². The van der Waals surface area contributed by atoms with Crippen LogP contribution in [0.2, 0.25) is 0 Å². The first-order valence-electron chi connectivity index (χ1n) is 7.74. The van der Waals surface area contributed by atoms with Crippen LogP contribution in [0, 0.1) is 5.41 Å². The summed E-state index contributed by atoms with van der Waals surface area (Å²) >= 11 is 0. The standard InChI is InChI=1S/C15H25NO4/c17-13(16-11-12-6-5-9-20-12)10-15(14(18)19)7-3-1-2-4-8-15/h12H,1-11H2,(H,16,17)(H,18,19). The zero-order valence-electron chi connectivity index (χ0n) is 12.0. The first-order valence-corrected chi connectivity index (χ1v) is 7.74. The van der Waals surface area contributed by atoms with Gasteiger partial charge in [-0.05, 0) is 25.7 Å². The van der Waals surface area contributed by atoms with E-state index < -0.39 is 11.4 Å². The molecule has 0 bridgehead atoms. The third kappa shape index (κ3) is 3.95. The number of amides is 1. The molecule has 0 aromatic rings. The molecule has 1 heterocycles. The van der Waals surface area contributed by atoms with Gasteiger partial charge in [0.05, 0.1) is 11.5 Å². The van der Waals surface area contributed by atoms with Crippen LogP contribution in [0.4, 0.5) is 0 Å². The molecule has 1 aliphatic heterocycles. The summed E-state index contributed by atoms with van der Waals surface area (Å²) in [4.78, 5) is 23.7. The molecule has 5 heteroatoms. The van der Waals surface area contributed by atoms with Crippen LogP contribution in [0.3, 0.4) is 0 Å². The van der Waals surface area contributed by atoms with Crippen LogP contribution in [-0.2, 0) is 14.3 Å². The SMILES string of the molecule is O=C(CC1(C(=O)O)CCCCCC1)NCC1CCCO1. The Balaban J connectivity index is 1.86. The highest BCUT2D eigenvalue weighted by Gasteiger charge is 2.40. The Hall–Kier alpha value is -1.10. The van der Waals surface area contributed by atoms with Crippen molar-refractivity contribution in [2.75, 3.05) is 13.2 Å². The molecule has 1 amide bonds. The molecule has 5 nitrogen and oxygen atoms in total. The first-order chi connectivity index (χ1) is 9.62. The average molecular weight is 283 g/mol. The lowest BCUT2D eigenvalue weighted by molar-refractivity contribution is -0.153. The average Bonchev–Trinajstić information content (AvgIpc) is 2.82. The van der Waals surface area contributed by atoms with Gasteiger partial charge in [-0.2, -0.15) is 0 Å². The Morgan fingerprint density at radius 3 is 2.40 bits per heavy atom. The van der Waals surface area contributed by atoms with E-state index in [0.29, 0.717) is 19.4 Å². The van der Waals surface area contributed by atoms with E-state index in [-0.39, 0.29) is 18.4 Å². The molecule has 2 fully saturated rings. The van der Waals surface area contributed by atoms with Crippen molar-refractivity contribution in [3.05, 3.63) is 0 Å². The number of carboxylic acid groups (broad SMARTS) is 1. The highest BCUT2D eigenvalue weighted by Crippen LogP contribution is 2.38. The van der Waals surface area contributed by atoms with Gasteiger partial charge in [-0.1, -0.05) is 25.7 Å². The van der Waals surface area contributed by atoms with Gasteiger partial charge >= 0.3 is 5.97 Å². The highest BCUT2D eigenvalue weighted by molar-refractivity contribution is 5.85. The summed E-state index contributed by atoms with van der Waals surface area (Å²) < 4.78 is 5.45. The minimum absolute atomic E-state index is 0.105. The van der Waals surface area contributed by atoms with Crippen LogP contribution in [0.15, 0.2) is 0 Å². The highest BCUT2D eigenvalue weighted by atomic mass is 16.5. The molecule has 2 aliphatic rings. The molecule has 2 rings (SSSR count). The summed E-state index contributed by atoms with van der Waals surface area (Å²) in [5.74, 6) is -0.962. The Kier molecular flexibility index (Phi) is 5.40. The van der Waals surface area contributed by atoms with Crippen LogP contribution in [-0.4, -0.2) is 36.2 Å². The van der Waals surface area contributed by atoms with E-state index >= 15 is 0 Å². The molecule has 0 spiro atoms. The molecule has 114 valence electrons. The summed E-state index contributed by atoms with van der Waals surface area (Å²) in [6.07, 6.45) is 7.44. The fraction of sp³-hybridized carbons (Fsp3) is 0.867. The van der Waals surface area contributed by atoms with Crippen LogP contribution >= 0.6 is 0 Å². The number of ether oxygens (including phenoxy) is 1. The summed E-state index contributed by atoms with van der Waals surface area (Å²) in [6, 6.07) is 0. The molecular formula is C15H25NO4. The number of carbonyl (C=O) groups is 2. The van der Waals surface area contributed by atoms with Gasteiger partial charge in [0.25, 0.3) is 0 Å². The van der Waals surface area contributed by atoms with Gasteiger partial charge in [-0.3, -0.25) is 9.59 Å². The van der Waals surface area contributed by atoms with Crippen molar-refractivity contribution >= 4 is 11.9 Å². The topological polar surface area (TPSA) is 75.6 Å². The fourth-order valence-corrected chi connectivity index (χ4v) is 3.27. The fourth-order valence-electron chi connectivity index (χ4n) is 3.27. The summed E-state index contributed by atoms with van der Waals surface area (Å²) in [7, 11) is 0. The summed E-state index contributed by atoms with van der Waals surface area (Å²) in [5.41, 5.74) is -0.850. The number of hydrogen-bond acceptors (Lipinski definition) is 3. The molecule has 0 aromatic carbocycles. The minimum atomic E-state index is -0.850. The van der Waals surface area contributed by atoms with Crippen LogP contribution < -0.4 is 5.32 Å². The van der Waals surface area contributed by atoms with Gasteiger partial charge in [-0.15, -0.1) is 0 Å². The molecular weight excluding hydrogens is 258 g/mol. The predicted molar refractivity (Wildman–Crippen MR) is 74.4 cm³/mol. The van der Waals surface area contributed by atoms with E-state index in [1.807, 2.05) is 0 Å². The Bertz CT molecular complexity index is 342. The second-order valence-corrected chi connectivity index (χ2v) is 6.12. The van der Waals surface area contributed by atoms with E-state index in [0.717, 1.165) is 45.1 Å². The number of carboxylic acids is 1. The molecule has 1 unspecified atom stereocenters. The maximum atomic E-state index is 12.1. The summed E-state index contributed by atoms with van der Waals surface area (Å²) in [6.45, 7) is 1.27. The van der Waals surface area contributed by atoms with Gasteiger partial charge in [0.1, 0.15) is 0 Å². The molecule has 0 radical (unpaired) electrons. The molecule has 1 aliphatic carbocycles. The Labute approximate surface area is 120 Å². The maximum absolute atomic E-state index is 12.1. The number of rotatable bonds is 5. The largest absolute Gasteiger partial charge is 0.481 e. The lowest BCUT2D eigenvalue weighted by Gasteiger charge is -2.27. The zero-order chi connectivity index (χ0) is 14.4. The molecule has 1 saturated heterocycles. The monoisotopic (exact) mass is 283 g/mol. The predicted octanol–water partition coefficient (Wildman–Crippen LogP) is 2.10. The van der Waals surface area contributed by atoms with Gasteiger partial charge in [0.2, 0.25) is 5.91 Å². The van der Waals surface area contributed by atoms with E-state index in [1.54, 1.807) is 0 Å². The smallest absolute Gasteiger partial charge is 0.310 e. The minimum Gasteiger partial charge on any atom is -0.481 e. The third-order valence-corrected chi connectivity index (χ3v) is 4.56.